The fourth-order valence-corrected chi connectivity index (χ4v) is 1.97. The van der Waals surface area contributed by atoms with E-state index < -0.39 is 60.4 Å². The highest BCUT2D eigenvalue weighted by Gasteiger charge is 2.16. The monoisotopic (exact) mass is 635 g/mol. The van der Waals surface area contributed by atoms with Crippen LogP contribution in [0, 0.1) is 0 Å². The zero-order valence-corrected chi connectivity index (χ0v) is 23.2. The first-order valence-electron chi connectivity index (χ1n) is 10.9. The number of hydrogen-bond donors (Lipinski definition) is 13. The molecule has 0 aliphatic rings. The number of aliphatic carboxylic acids is 4. The lowest BCUT2D eigenvalue weighted by molar-refractivity contribution is -0.152. The van der Waals surface area contributed by atoms with Crippen molar-refractivity contribution in [1.82, 2.24) is 0 Å². The lowest BCUT2D eigenvalue weighted by atomic mass is 10.1. The van der Waals surface area contributed by atoms with E-state index in [1.807, 2.05) is 0 Å². The van der Waals surface area contributed by atoms with Gasteiger partial charge in [-0.1, -0.05) is 6.42 Å². The SMILES string of the molecule is NCCC(=O)O.NCCCC[C@H](N)C(=O)O.NCCOP(=O)(O)O.NCCS(=O)(=O)O.O=C(O)CC(O)C(=O)O. The number of unbranched alkanes of at least 4 members (excludes halogenated alkanes) is 1. The lowest BCUT2D eigenvalue weighted by Gasteiger charge is -2.03. The van der Waals surface area contributed by atoms with Gasteiger partial charge in [0.15, 0.2) is 6.10 Å². The zero-order chi connectivity index (χ0) is 32.9. The minimum atomic E-state index is -4.26. The Morgan fingerprint density at radius 3 is 1.45 bits per heavy atom. The first-order valence-corrected chi connectivity index (χ1v) is 14.0. The summed E-state index contributed by atoms with van der Waals surface area (Å²) in [6.45, 7) is 0.815. The quantitative estimate of drug-likeness (QED) is 0.0460. The first-order chi connectivity index (χ1) is 18.1. The van der Waals surface area contributed by atoms with Crippen LogP contribution in [0.3, 0.4) is 0 Å². The number of aliphatic hydroxyl groups excluding tert-OH is 1. The van der Waals surface area contributed by atoms with Gasteiger partial charge in [0.05, 0.1) is 25.2 Å². The van der Waals surface area contributed by atoms with Gasteiger partial charge in [0.25, 0.3) is 10.1 Å². The molecule has 0 amide bonds. The van der Waals surface area contributed by atoms with Crippen LogP contribution in [-0.4, -0.2) is 123 Å². The van der Waals surface area contributed by atoms with Gasteiger partial charge >= 0.3 is 31.7 Å². The predicted octanol–water partition coefficient (Wildman–Crippen LogP) is -4.26. The van der Waals surface area contributed by atoms with Crippen molar-refractivity contribution in [1.29, 1.82) is 0 Å². The third kappa shape index (κ3) is 60.3. The van der Waals surface area contributed by atoms with E-state index in [9.17, 15) is 32.2 Å². The fourth-order valence-electron chi connectivity index (χ4n) is 1.33. The summed E-state index contributed by atoms with van der Waals surface area (Å²) in [7, 11) is -8.06. The van der Waals surface area contributed by atoms with E-state index in [1.54, 1.807) is 0 Å². The van der Waals surface area contributed by atoms with Gasteiger partial charge in [-0.25, -0.2) is 9.36 Å². The van der Waals surface area contributed by atoms with Crippen LogP contribution in [-0.2, 0) is 38.4 Å². The highest BCUT2D eigenvalue weighted by atomic mass is 32.2. The number of phosphoric acid groups is 1. The molecule has 0 aromatic heterocycles. The Morgan fingerprint density at radius 2 is 1.30 bits per heavy atom. The molecule has 242 valence electrons. The molecule has 0 radical (unpaired) electrons. The van der Waals surface area contributed by atoms with E-state index in [-0.39, 0.29) is 38.4 Å². The summed E-state index contributed by atoms with van der Waals surface area (Å²) >= 11 is 0. The zero-order valence-electron chi connectivity index (χ0n) is 21.5. The maximum absolute atomic E-state index is 10.1. The molecule has 1 unspecified atom stereocenters. The van der Waals surface area contributed by atoms with Gasteiger partial charge in [0.2, 0.25) is 0 Å². The highest BCUT2D eigenvalue weighted by Crippen LogP contribution is 2.34. The van der Waals surface area contributed by atoms with E-state index in [0.29, 0.717) is 13.0 Å². The van der Waals surface area contributed by atoms with Crippen molar-refractivity contribution < 1.29 is 76.6 Å². The van der Waals surface area contributed by atoms with Crippen LogP contribution in [0.4, 0.5) is 0 Å². The molecule has 0 saturated carbocycles. The molecule has 40 heavy (non-hydrogen) atoms. The van der Waals surface area contributed by atoms with E-state index in [1.165, 1.54) is 0 Å². The van der Waals surface area contributed by atoms with E-state index >= 15 is 0 Å². The topological polar surface area (TPSA) is 421 Å². The number of carboxylic acids is 4. The normalized spacial score (nSPS) is 11.7. The molecule has 0 spiro atoms. The second kappa shape index (κ2) is 29.6. The van der Waals surface area contributed by atoms with Crippen LogP contribution >= 0.6 is 7.82 Å². The molecule has 21 nitrogen and oxygen atoms in total. The van der Waals surface area contributed by atoms with Crippen molar-refractivity contribution >= 4 is 41.8 Å². The molecule has 0 aliphatic heterocycles. The van der Waals surface area contributed by atoms with Crippen LogP contribution in [0.25, 0.3) is 0 Å². The smallest absolute Gasteiger partial charge is 0.469 e. The second-order valence-corrected chi connectivity index (χ2v) is 9.61. The van der Waals surface area contributed by atoms with E-state index in [0.717, 1.165) is 12.8 Å². The van der Waals surface area contributed by atoms with E-state index in [4.69, 9.17) is 68.5 Å². The fraction of sp³-hybridized carbons (Fsp3) is 0.765. The van der Waals surface area contributed by atoms with Crippen LogP contribution < -0.4 is 28.7 Å². The predicted molar refractivity (Wildman–Crippen MR) is 138 cm³/mol. The second-order valence-electron chi connectivity index (χ2n) is 6.80. The molecule has 0 aromatic rings. The number of carbonyl (C=O) groups is 4. The van der Waals surface area contributed by atoms with Crippen LogP contribution in [0.1, 0.15) is 32.1 Å². The van der Waals surface area contributed by atoms with Crippen molar-refractivity contribution in [3.05, 3.63) is 0 Å². The number of nitrogens with two attached hydrogens (primary N) is 5. The summed E-state index contributed by atoms with van der Waals surface area (Å²) < 4.78 is 41.1. The van der Waals surface area contributed by atoms with Gasteiger partial charge in [-0.3, -0.25) is 23.5 Å². The van der Waals surface area contributed by atoms with Crippen molar-refractivity contribution in [3.8, 4) is 0 Å². The molecule has 18 N–H and O–H groups in total. The van der Waals surface area contributed by atoms with Gasteiger partial charge in [-0.05, 0) is 19.4 Å². The Morgan fingerprint density at radius 1 is 0.800 bits per heavy atom. The molecule has 0 fully saturated rings. The Bertz CT molecular complexity index is 827. The van der Waals surface area contributed by atoms with Gasteiger partial charge in [0.1, 0.15) is 6.04 Å². The maximum atomic E-state index is 10.1. The Labute approximate surface area is 230 Å². The minimum absolute atomic E-state index is 0.0289. The van der Waals surface area contributed by atoms with Crippen LogP contribution in [0.15, 0.2) is 0 Å². The minimum Gasteiger partial charge on any atom is -0.481 e. The summed E-state index contributed by atoms with van der Waals surface area (Å²) in [5.74, 6) is -4.97. The van der Waals surface area contributed by atoms with Gasteiger partial charge in [0, 0.05) is 19.6 Å². The summed E-state index contributed by atoms with van der Waals surface area (Å²) in [5.41, 5.74) is 24.9. The number of hydrogen-bond acceptors (Lipinski definition) is 14. The molecule has 0 aromatic carbocycles. The molecule has 0 aliphatic carbocycles. The summed E-state index contributed by atoms with van der Waals surface area (Å²) in [5, 5.41) is 40.3. The standard InChI is InChI=1S/C6H14N2O2.C4H6O5.C3H7NO2.C2H8NO4P.C2H7NO3S/c7-4-2-1-3-5(8)6(9)10;5-2(4(8)9)1-3(6)7;4-2-1-3(5)6;3-1-2-7-8(4,5)6;3-1-2-7(4,5)6/h5H,1-4,7-8H2,(H,9,10);2,5H,1H2,(H,6,7)(H,8,9);1-2,4H2,(H,5,6);1-3H2,(H2,4,5,6);1-3H2,(H,4,5,6)/t5-;;;;/m0..../s1. The van der Waals surface area contributed by atoms with Crippen molar-refractivity contribution in [2.24, 2.45) is 28.7 Å². The first kappa shape index (κ1) is 47.4. The molecule has 0 heterocycles. The molecule has 23 heteroatoms. The molecule has 0 saturated heterocycles. The van der Waals surface area contributed by atoms with Crippen molar-refractivity contribution in [3.63, 3.8) is 0 Å². The average molecular weight is 636 g/mol. The molecular weight excluding hydrogens is 593 g/mol. The molecule has 2 atom stereocenters. The Kier molecular flexibility index (Phi) is 35.2. The summed E-state index contributed by atoms with van der Waals surface area (Å²) in [6, 6.07) is -0.716. The maximum Gasteiger partial charge on any atom is 0.469 e. The lowest BCUT2D eigenvalue weighted by Crippen LogP contribution is -2.29. The van der Waals surface area contributed by atoms with Crippen molar-refractivity contribution in [2.75, 3.05) is 38.5 Å². The van der Waals surface area contributed by atoms with E-state index in [2.05, 4.69) is 4.52 Å². The molecular formula is C17H42N5O16PS. The largest absolute Gasteiger partial charge is 0.481 e. The third-order valence-corrected chi connectivity index (χ3v) is 4.32. The van der Waals surface area contributed by atoms with Gasteiger partial charge in [-0.15, -0.1) is 0 Å². The molecule has 0 bridgehead atoms. The number of rotatable bonds is 15. The number of carboxylic acid groups (broad SMARTS) is 4. The third-order valence-electron chi connectivity index (χ3n) is 3.05. The average Bonchev–Trinajstić information content (AvgIpc) is 2.77. The van der Waals surface area contributed by atoms with Crippen LogP contribution in [0.2, 0.25) is 0 Å². The van der Waals surface area contributed by atoms with Gasteiger partial charge in [-0.2, -0.15) is 8.42 Å². The van der Waals surface area contributed by atoms with Crippen molar-refractivity contribution in [2.45, 2.75) is 44.2 Å². The number of aliphatic hydroxyl groups is 1. The number of phosphoric ester groups is 1. The summed E-state index contributed by atoms with van der Waals surface area (Å²) in [4.78, 5) is 55.0. The van der Waals surface area contributed by atoms with Gasteiger partial charge < -0.3 is 64.0 Å². The highest BCUT2D eigenvalue weighted by molar-refractivity contribution is 7.85. The molecule has 0 rings (SSSR count). The Hall–Kier alpha value is -2.34. The van der Waals surface area contributed by atoms with Crippen LogP contribution in [0.5, 0.6) is 0 Å². The Balaban J connectivity index is -0.000000129. The summed E-state index contributed by atoms with van der Waals surface area (Å²) in [6.07, 6.45) is -0.310.